The van der Waals surface area contributed by atoms with E-state index >= 15 is 0 Å². The quantitative estimate of drug-likeness (QED) is 0.490. The van der Waals surface area contributed by atoms with Gasteiger partial charge < -0.3 is 20.5 Å². The Bertz CT molecular complexity index is 921. The van der Waals surface area contributed by atoms with Crippen molar-refractivity contribution in [3.63, 3.8) is 0 Å². The monoisotopic (exact) mass is 520 g/mol. The third kappa shape index (κ3) is 9.74. The number of carbonyl (C=O) groups is 2. The van der Waals surface area contributed by atoms with Crippen LogP contribution < -0.4 is 20.5 Å². The number of carbonyl (C=O) groups excluding carboxylic acids is 2. The Balaban J connectivity index is 0.000000244. The lowest BCUT2D eigenvalue weighted by molar-refractivity contribution is -0.124. The molecular formula is C22H24Cl4N2O4. The molecule has 1 aliphatic carbocycles. The van der Waals surface area contributed by atoms with Crippen molar-refractivity contribution >= 4 is 58.2 Å². The van der Waals surface area contributed by atoms with E-state index in [0.717, 1.165) is 12.8 Å². The van der Waals surface area contributed by atoms with Crippen LogP contribution in [0, 0.1) is 0 Å². The molecule has 0 aromatic heterocycles. The predicted molar refractivity (Wildman–Crippen MR) is 128 cm³/mol. The van der Waals surface area contributed by atoms with Gasteiger partial charge >= 0.3 is 0 Å². The van der Waals surface area contributed by atoms with Crippen molar-refractivity contribution < 1.29 is 19.1 Å². The van der Waals surface area contributed by atoms with Gasteiger partial charge in [-0.2, -0.15) is 0 Å². The van der Waals surface area contributed by atoms with E-state index in [2.05, 4.69) is 5.32 Å². The van der Waals surface area contributed by atoms with Crippen LogP contribution >= 0.6 is 46.4 Å². The van der Waals surface area contributed by atoms with Gasteiger partial charge in [0, 0.05) is 18.2 Å². The van der Waals surface area contributed by atoms with Crippen LogP contribution in [0.1, 0.15) is 32.1 Å². The van der Waals surface area contributed by atoms with Crippen molar-refractivity contribution in [3.8, 4) is 11.5 Å². The Hall–Kier alpha value is -1.86. The van der Waals surface area contributed by atoms with Crippen molar-refractivity contribution in [2.75, 3.05) is 13.2 Å². The van der Waals surface area contributed by atoms with Crippen LogP contribution in [-0.4, -0.2) is 31.1 Å². The molecule has 6 nitrogen and oxygen atoms in total. The lowest BCUT2D eigenvalue weighted by Crippen LogP contribution is -2.38. The summed E-state index contributed by atoms with van der Waals surface area (Å²) in [7, 11) is 0. The molecule has 1 fully saturated rings. The van der Waals surface area contributed by atoms with E-state index in [0.29, 0.717) is 37.6 Å². The van der Waals surface area contributed by atoms with Crippen LogP contribution in [0.3, 0.4) is 0 Å². The number of ether oxygens (including phenoxy) is 2. The summed E-state index contributed by atoms with van der Waals surface area (Å²) in [5, 5.41) is 4.70. The van der Waals surface area contributed by atoms with Crippen LogP contribution in [0.4, 0.5) is 0 Å². The van der Waals surface area contributed by atoms with Gasteiger partial charge in [-0.15, -0.1) is 0 Å². The topological polar surface area (TPSA) is 90.7 Å². The predicted octanol–water partition coefficient (Wildman–Crippen LogP) is 5.68. The molecule has 2 aromatic carbocycles. The van der Waals surface area contributed by atoms with Crippen molar-refractivity contribution in [1.82, 2.24) is 5.32 Å². The van der Waals surface area contributed by atoms with Crippen molar-refractivity contribution in [3.05, 3.63) is 56.5 Å². The highest BCUT2D eigenvalue weighted by atomic mass is 35.5. The zero-order chi connectivity index (χ0) is 23.5. The zero-order valence-electron chi connectivity index (χ0n) is 17.2. The summed E-state index contributed by atoms with van der Waals surface area (Å²) in [4.78, 5) is 22.1. The van der Waals surface area contributed by atoms with Gasteiger partial charge in [0.05, 0.1) is 20.1 Å². The normalized spacial score (nSPS) is 13.5. The van der Waals surface area contributed by atoms with Crippen molar-refractivity contribution in [1.29, 1.82) is 0 Å². The van der Waals surface area contributed by atoms with Crippen LogP contribution in [0.25, 0.3) is 0 Å². The Morgan fingerprint density at radius 2 is 1.31 bits per heavy atom. The molecule has 174 valence electrons. The van der Waals surface area contributed by atoms with E-state index in [4.69, 9.17) is 61.6 Å². The summed E-state index contributed by atoms with van der Waals surface area (Å²) in [5.41, 5.74) is 4.89. The molecule has 0 aliphatic heterocycles. The van der Waals surface area contributed by atoms with Crippen LogP contribution in [0.15, 0.2) is 36.4 Å². The lowest BCUT2D eigenvalue weighted by Gasteiger charge is -2.22. The molecule has 10 heteroatoms. The van der Waals surface area contributed by atoms with Crippen LogP contribution in [-0.2, 0) is 9.59 Å². The summed E-state index contributed by atoms with van der Waals surface area (Å²) < 4.78 is 10.4. The van der Waals surface area contributed by atoms with Gasteiger partial charge in [-0.3, -0.25) is 9.59 Å². The third-order valence-corrected chi connectivity index (χ3v) is 5.98. The maximum absolute atomic E-state index is 11.7. The lowest BCUT2D eigenvalue weighted by atomic mass is 9.95. The molecule has 1 aliphatic rings. The first kappa shape index (κ1) is 26.4. The first-order valence-electron chi connectivity index (χ1n) is 9.98. The summed E-state index contributed by atoms with van der Waals surface area (Å²) in [6, 6.07) is 9.97. The van der Waals surface area contributed by atoms with E-state index in [-0.39, 0.29) is 19.1 Å². The second-order valence-electron chi connectivity index (χ2n) is 7.10. The highest BCUT2D eigenvalue weighted by Gasteiger charge is 2.15. The number of halogens is 4. The standard InChI is InChI=1S/C14H17Cl2NO2.C8H7Cl2NO2/c15-12-7-6-11(8-13(12)16)19-9-14(18)17-10-4-2-1-3-5-10;9-6-2-1-5(3-7(6)10)13-4-8(11)12/h6-8,10H,1-5,9H2,(H,17,18);1-3H,4H2,(H2,11,12). The molecule has 3 N–H and O–H groups in total. The largest absolute Gasteiger partial charge is 0.484 e. The average Bonchev–Trinajstić information content (AvgIpc) is 2.76. The fourth-order valence-electron chi connectivity index (χ4n) is 2.95. The second kappa shape index (κ2) is 13.6. The summed E-state index contributed by atoms with van der Waals surface area (Å²) >= 11 is 23.0. The van der Waals surface area contributed by atoms with E-state index in [1.807, 2.05) is 0 Å². The minimum Gasteiger partial charge on any atom is -0.484 e. The van der Waals surface area contributed by atoms with Gasteiger partial charge in [0.1, 0.15) is 11.5 Å². The van der Waals surface area contributed by atoms with Gasteiger partial charge in [0.2, 0.25) is 0 Å². The van der Waals surface area contributed by atoms with Crippen molar-refractivity contribution in [2.45, 2.75) is 38.1 Å². The van der Waals surface area contributed by atoms with E-state index < -0.39 is 5.91 Å². The fourth-order valence-corrected chi connectivity index (χ4v) is 3.53. The molecule has 0 atom stereocenters. The van der Waals surface area contributed by atoms with Crippen molar-refractivity contribution in [2.24, 2.45) is 5.73 Å². The first-order valence-corrected chi connectivity index (χ1v) is 11.5. The van der Waals surface area contributed by atoms with Gasteiger partial charge in [-0.25, -0.2) is 0 Å². The Labute approximate surface area is 207 Å². The number of nitrogens with two attached hydrogens (primary N) is 1. The van der Waals surface area contributed by atoms with Gasteiger partial charge in [0.15, 0.2) is 13.2 Å². The van der Waals surface area contributed by atoms with Gasteiger partial charge in [-0.1, -0.05) is 65.7 Å². The first-order chi connectivity index (χ1) is 15.2. The number of hydrogen-bond acceptors (Lipinski definition) is 4. The summed E-state index contributed by atoms with van der Waals surface area (Å²) in [6.45, 7) is -0.160. The maximum atomic E-state index is 11.7. The van der Waals surface area contributed by atoms with E-state index in [9.17, 15) is 9.59 Å². The third-order valence-electron chi connectivity index (χ3n) is 4.50. The molecule has 0 saturated heterocycles. The molecule has 32 heavy (non-hydrogen) atoms. The number of nitrogens with one attached hydrogen (secondary N) is 1. The molecule has 0 radical (unpaired) electrons. The highest BCUT2D eigenvalue weighted by Crippen LogP contribution is 2.27. The molecule has 2 aromatic rings. The van der Waals surface area contributed by atoms with Crippen LogP contribution in [0.5, 0.6) is 11.5 Å². The minimum absolute atomic E-state index is 0.00839. The summed E-state index contributed by atoms with van der Waals surface area (Å²) in [5.74, 6) is 0.394. The Kier molecular flexibility index (Phi) is 11.2. The van der Waals surface area contributed by atoms with Gasteiger partial charge in [-0.05, 0) is 37.1 Å². The molecule has 0 heterocycles. The number of primary amides is 1. The smallest absolute Gasteiger partial charge is 0.258 e. The summed E-state index contributed by atoms with van der Waals surface area (Å²) in [6.07, 6.45) is 5.79. The molecule has 1 saturated carbocycles. The second-order valence-corrected chi connectivity index (χ2v) is 8.73. The molecule has 3 rings (SSSR count). The fraction of sp³-hybridized carbons (Fsp3) is 0.364. The molecular weight excluding hydrogens is 498 g/mol. The number of amides is 2. The van der Waals surface area contributed by atoms with Crippen LogP contribution in [0.2, 0.25) is 20.1 Å². The molecule has 0 bridgehead atoms. The molecule has 2 amide bonds. The van der Waals surface area contributed by atoms with E-state index in [1.165, 1.54) is 25.3 Å². The van der Waals surface area contributed by atoms with E-state index in [1.54, 1.807) is 30.3 Å². The molecule has 0 unspecified atom stereocenters. The number of rotatable bonds is 7. The Morgan fingerprint density at radius 1 is 0.812 bits per heavy atom. The highest BCUT2D eigenvalue weighted by molar-refractivity contribution is 6.42. The minimum atomic E-state index is -0.536. The number of benzene rings is 2. The number of hydrogen-bond donors (Lipinski definition) is 2. The maximum Gasteiger partial charge on any atom is 0.258 e. The zero-order valence-corrected chi connectivity index (χ0v) is 20.2. The molecule has 0 spiro atoms. The van der Waals surface area contributed by atoms with Gasteiger partial charge in [0.25, 0.3) is 11.8 Å². The average molecular weight is 522 g/mol. The Morgan fingerprint density at radius 3 is 1.78 bits per heavy atom. The SMILES string of the molecule is NC(=O)COc1ccc(Cl)c(Cl)c1.O=C(COc1ccc(Cl)c(Cl)c1)NC1CCCCC1.